The highest BCUT2D eigenvalue weighted by molar-refractivity contribution is 7.47. The summed E-state index contributed by atoms with van der Waals surface area (Å²) in [5.41, 5.74) is 0. The van der Waals surface area contributed by atoms with E-state index in [0.29, 0.717) is 25.7 Å². The fourth-order valence-corrected chi connectivity index (χ4v) is 11.9. The maximum absolute atomic E-state index is 13.0. The molecule has 0 saturated heterocycles. The summed E-state index contributed by atoms with van der Waals surface area (Å²) in [7, 11) is -9.90. The number of aliphatic hydroxyl groups excluding tert-OH is 1. The molecule has 0 aliphatic rings. The molecule has 0 aliphatic heterocycles. The summed E-state index contributed by atoms with van der Waals surface area (Å²) in [5, 5.41) is 10.6. The number of aliphatic hydroxyl groups is 1. The Balaban J connectivity index is 5.26. The van der Waals surface area contributed by atoms with E-state index in [0.717, 1.165) is 108 Å². The lowest BCUT2D eigenvalue weighted by Gasteiger charge is -2.21. The van der Waals surface area contributed by atoms with E-state index in [4.69, 9.17) is 37.0 Å². The van der Waals surface area contributed by atoms with E-state index < -0.39 is 97.5 Å². The quantitative estimate of drug-likeness (QED) is 0.0222. The topological polar surface area (TPSA) is 237 Å². The first-order valence-corrected chi connectivity index (χ1v) is 38.8. The Morgan fingerprint density at radius 3 is 0.773 bits per heavy atom. The second-order valence-corrected chi connectivity index (χ2v) is 29.3. The number of phosphoric ester groups is 2. The van der Waals surface area contributed by atoms with E-state index in [2.05, 4.69) is 48.5 Å². The van der Waals surface area contributed by atoms with Gasteiger partial charge in [-0.1, -0.05) is 292 Å². The Kier molecular flexibility index (Phi) is 58.7. The zero-order valence-corrected chi connectivity index (χ0v) is 59.0. The van der Waals surface area contributed by atoms with Gasteiger partial charge in [-0.05, 0) is 43.4 Å². The van der Waals surface area contributed by atoms with Gasteiger partial charge in [0.2, 0.25) is 0 Å². The highest BCUT2D eigenvalue weighted by Crippen LogP contribution is 2.45. The lowest BCUT2D eigenvalue weighted by atomic mass is 10.0. The molecule has 19 heteroatoms. The van der Waals surface area contributed by atoms with Crippen molar-refractivity contribution in [3.63, 3.8) is 0 Å². The van der Waals surface area contributed by atoms with Gasteiger partial charge < -0.3 is 33.8 Å². The number of hydrogen-bond acceptors (Lipinski definition) is 15. The Hall–Kier alpha value is -1.94. The van der Waals surface area contributed by atoms with Crippen LogP contribution in [0.3, 0.4) is 0 Å². The summed E-state index contributed by atoms with van der Waals surface area (Å²) in [4.78, 5) is 72.5. The standard InChI is InChI=1S/C69H134O17P2/c1-8-9-10-11-12-13-22-29-36-43-50-66(71)79-56-65(86-69(74)53-46-39-32-25-18-21-28-35-42-49-62(6)7)59-84-88(77,78)82-55-63(70)54-81-87(75,76)83-58-64(85-68(73)52-45-38-31-24-17-15-20-27-34-41-48-61(4)5)57-80-67(72)51-44-37-30-23-16-14-19-26-33-40-47-60(2)3/h60-65,70H,8-59H2,1-7H3,(H,75,76)(H,77,78)/t63-,64-,65-/m1/s1. The van der Waals surface area contributed by atoms with Gasteiger partial charge in [0.05, 0.1) is 26.4 Å². The average molecular weight is 1300 g/mol. The largest absolute Gasteiger partial charge is 0.472 e. The van der Waals surface area contributed by atoms with Crippen LogP contribution in [0, 0.1) is 17.8 Å². The molecule has 0 aromatic rings. The molecule has 17 nitrogen and oxygen atoms in total. The zero-order valence-electron chi connectivity index (χ0n) is 57.2. The van der Waals surface area contributed by atoms with Gasteiger partial charge in [-0.15, -0.1) is 0 Å². The highest BCUT2D eigenvalue weighted by Gasteiger charge is 2.30. The average Bonchev–Trinajstić information content (AvgIpc) is 3.58. The van der Waals surface area contributed by atoms with Crippen LogP contribution in [0.5, 0.6) is 0 Å². The molecule has 0 aromatic carbocycles. The fraction of sp³-hybridized carbons (Fsp3) is 0.942. The van der Waals surface area contributed by atoms with E-state index >= 15 is 0 Å². The van der Waals surface area contributed by atoms with Crippen molar-refractivity contribution in [1.82, 2.24) is 0 Å². The minimum atomic E-state index is -4.95. The maximum atomic E-state index is 13.0. The molecule has 0 spiro atoms. The molecule has 3 N–H and O–H groups in total. The number of unbranched alkanes of at least 4 members (excludes halogenated alkanes) is 35. The van der Waals surface area contributed by atoms with Gasteiger partial charge in [0.15, 0.2) is 12.2 Å². The van der Waals surface area contributed by atoms with Gasteiger partial charge >= 0.3 is 39.5 Å². The van der Waals surface area contributed by atoms with E-state index in [1.165, 1.54) is 154 Å². The molecule has 0 bridgehead atoms. The van der Waals surface area contributed by atoms with E-state index in [-0.39, 0.29) is 25.7 Å². The number of carbonyl (C=O) groups excluding carboxylic acids is 4. The van der Waals surface area contributed by atoms with Crippen LogP contribution in [0.25, 0.3) is 0 Å². The summed E-state index contributed by atoms with van der Waals surface area (Å²) in [6, 6.07) is 0. The fourth-order valence-electron chi connectivity index (χ4n) is 10.4. The molecule has 2 unspecified atom stereocenters. The zero-order chi connectivity index (χ0) is 65.2. The monoisotopic (exact) mass is 1300 g/mol. The predicted molar refractivity (Wildman–Crippen MR) is 354 cm³/mol. The van der Waals surface area contributed by atoms with Crippen LogP contribution in [0.4, 0.5) is 0 Å². The van der Waals surface area contributed by atoms with E-state index in [1.54, 1.807) is 0 Å². The molecule has 522 valence electrons. The molecular weight excluding hydrogens is 1160 g/mol. The lowest BCUT2D eigenvalue weighted by molar-refractivity contribution is -0.161. The number of carbonyl (C=O) groups is 4. The van der Waals surface area contributed by atoms with Gasteiger partial charge in [0.1, 0.15) is 19.3 Å². The Bertz CT molecular complexity index is 1730. The number of ether oxygens (including phenoxy) is 4. The molecule has 0 rings (SSSR count). The second-order valence-electron chi connectivity index (χ2n) is 26.3. The maximum Gasteiger partial charge on any atom is 0.472 e. The first-order chi connectivity index (χ1) is 42.2. The predicted octanol–water partition coefficient (Wildman–Crippen LogP) is 19.5. The van der Waals surface area contributed by atoms with E-state index in [1.807, 2.05) is 0 Å². The number of rotatable bonds is 67. The molecule has 0 fully saturated rings. The third-order valence-corrected chi connectivity index (χ3v) is 17.8. The van der Waals surface area contributed by atoms with E-state index in [9.17, 15) is 43.2 Å². The number of phosphoric acid groups is 2. The number of hydrogen-bond donors (Lipinski definition) is 3. The summed E-state index contributed by atoms with van der Waals surface area (Å²) in [6.45, 7) is 11.8. The normalized spacial score (nSPS) is 14.2. The first-order valence-electron chi connectivity index (χ1n) is 35.8. The Morgan fingerprint density at radius 2 is 0.523 bits per heavy atom. The van der Waals surface area contributed by atoms with Crippen molar-refractivity contribution >= 4 is 39.5 Å². The molecule has 0 amide bonds. The van der Waals surface area contributed by atoms with Crippen molar-refractivity contribution in [2.24, 2.45) is 17.8 Å². The van der Waals surface area contributed by atoms with Crippen LogP contribution in [-0.2, 0) is 65.4 Å². The molecule has 0 heterocycles. The lowest BCUT2D eigenvalue weighted by Crippen LogP contribution is -2.30. The molecule has 5 atom stereocenters. The van der Waals surface area contributed by atoms with Crippen LogP contribution in [0.15, 0.2) is 0 Å². The summed E-state index contributed by atoms with van der Waals surface area (Å²) >= 11 is 0. The van der Waals surface area contributed by atoms with Crippen molar-refractivity contribution in [3.05, 3.63) is 0 Å². The second kappa shape index (κ2) is 60.0. The molecule has 0 aromatic heterocycles. The summed E-state index contributed by atoms with van der Waals surface area (Å²) in [6.07, 6.45) is 43.0. The van der Waals surface area contributed by atoms with Gasteiger partial charge in [-0.2, -0.15) is 0 Å². The third-order valence-electron chi connectivity index (χ3n) is 15.9. The minimum absolute atomic E-state index is 0.105. The van der Waals surface area contributed by atoms with Crippen molar-refractivity contribution in [2.45, 2.75) is 362 Å². The number of esters is 4. The van der Waals surface area contributed by atoms with Crippen molar-refractivity contribution in [2.75, 3.05) is 39.6 Å². The van der Waals surface area contributed by atoms with Crippen molar-refractivity contribution < 1.29 is 80.2 Å². The summed E-state index contributed by atoms with van der Waals surface area (Å²) < 4.78 is 68.2. The van der Waals surface area contributed by atoms with Crippen LogP contribution in [-0.4, -0.2) is 96.7 Å². The molecule has 0 aliphatic carbocycles. The van der Waals surface area contributed by atoms with Gasteiger partial charge in [-0.3, -0.25) is 37.3 Å². The van der Waals surface area contributed by atoms with Crippen LogP contribution < -0.4 is 0 Å². The molecule has 0 saturated carbocycles. The smallest absolute Gasteiger partial charge is 0.462 e. The molecule has 88 heavy (non-hydrogen) atoms. The third kappa shape index (κ3) is 62.8. The van der Waals surface area contributed by atoms with Crippen LogP contribution in [0.1, 0.15) is 344 Å². The molecular formula is C69H134O17P2. The van der Waals surface area contributed by atoms with Gasteiger partial charge in [0, 0.05) is 25.7 Å². The van der Waals surface area contributed by atoms with Crippen molar-refractivity contribution in [3.8, 4) is 0 Å². The minimum Gasteiger partial charge on any atom is -0.462 e. The van der Waals surface area contributed by atoms with Crippen molar-refractivity contribution in [1.29, 1.82) is 0 Å². The SMILES string of the molecule is CCCCCCCCCCCCC(=O)OC[C@H](COP(=O)(O)OC[C@H](O)COP(=O)(O)OC[C@@H](COC(=O)CCCCCCCCCCCCC(C)C)OC(=O)CCCCCCCCCCCCC(C)C)OC(=O)CCCCCCCCCCCC(C)C. The van der Waals surface area contributed by atoms with Crippen LogP contribution >= 0.6 is 15.6 Å². The summed E-state index contributed by atoms with van der Waals surface area (Å²) in [5.74, 6) is 0.119. The Morgan fingerprint density at radius 1 is 0.307 bits per heavy atom. The molecule has 0 radical (unpaired) electrons. The van der Waals surface area contributed by atoms with Gasteiger partial charge in [0.25, 0.3) is 0 Å². The van der Waals surface area contributed by atoms with Crippen LogP contribution in [0.2, 0.25) is 0 Å². The first kappa shape index (κ1) is 86.1. The highest BCUT2D eigenvalue weighted by atomic mass is 31.2. The Labute approximate surface area is 537 Å². The van der Waals surface area contributed by atoms with Gasteiger partial charge in [-0.25, -0.2) is 9.13 Å².